The summed E-state index contributed by atoms with van der Waals surface area (Å²) in [6, 6.07) is 5.76. The molecule has 0 saturated heterocycles. The molecule has 1 aromatic rings. The van der Waals surface area contributed by atoms with Gasteiger partial charge in [-0.1, -0.05) is 12.1 Å². The van der Waals surface area contributed by atoms with Crippen LogP contribution in [0.2, 0.25) is 0 Å². The standard InChI is InChI=1S/C8H9BrN2/c1-11-5-6-3-2-4-7(9)8(6)10/h2-5H,10H2,1H3. The van der Waals surface area contributed by atoms with Gasteiger partial charge in [-0.15, -0.1) is 0 Å². The van der Waals surface area contributed by atoms with E-state index in [9.17, 15) is 0 Å². The van der Waals surface area contributed by atoms with Crippen LogP contribution >= 0.6 is 15.9 Å². The first-order valence-corrected chi connectivity index (χ1v) is 4.01. The summed E-state index contributed by atoms with van der Waals surface area (Å²) in [5.74, 6) is 0. The van der Waals surface area contributed by atoms with Crippen LogP contribution in [0.15, 0.2) is 27.7 Å². The van der Waals surface area contributed by atoms with Crippen LogP contribution in [0.5, 0.6) is 0 Å². The van der Waals surface area contributed by atoms with Crippen LogP contribution in [0.4, 0.5) is 5.69 Å². The van der Waals surface area contributed by atoms with Crippen molar-refractivity contribution < 1.29 is 0 Å². The third kappa shape index (κ3) is 1.80. The number of nitrogens with two attached hydrogens (primary N) is 1. The zero-order valence-corrected chi connectivity index (χ0v) is 7.80. The summed E-state index contributed by atoms with van der Waals surface area (Å²) in [6.45, 7) is 0. The number of halogens is 1. The van der Waals surface area contributed by atoms with Crippen molar-refractivity contribution in [3.8, 4) is 0 Å². The Balaban J connectivity index is 3.16. The molecular weight excluding hydrogens is 204 g/mol. The van der Waals surface area contributed by atoms with Crippen LogP contribution in [0.3, 0.4) is 0 Å². The van der Waals surface area contributed by atoms with Gasteiger partial charge in [0, 0.05) is 23.3 Å². The number of nitrogen functional groups attached to an aromatic ring is 1. The largest absolute Gasteiger partial charge is 0.397 e. The van der Waals surface area contributed by atoms with Gasteiger partial charge in [0.05, 0.1) is 5.69 Å². The molecule has 58 valence electrons. The highest BCUT2D eigenvalue weighted by Gasteiger charge is 1.97. The van der Waals surface area contributed by atoms with E-state index in [-0.39, 0.29) is 0 Å². The Morgan fingerprint density at radius 3 is 2.91 bits per heavy atom. The highest BCUT2D eigenvalue weighted by atomic mass is 79.9. The minimum Gasteiger partial charge on any atom is -0.397 e. The fourth-order valence-electron chi connectivity index (χ4n) is 0.805. The quantitative estimate of drug-likeness (QED) is 0.562. The molecule has 2 N–H and O–H groups in total. The molecule has 3 heteroatoms. The fourth-order valence-corrected chi connectivity index (χ4v) is 1.19. The summed E-state index contributed by atoms with van der Waals surface area (Å²) >= 11 is 3.33. The summed E-state index contributed by atoms with van der Waals surface area (Å²) < 4.78 is 0.912. The Kier molecular flexibility index (Phi) is 2.65. The Bertz CT molecular complexity index is 281. The van der Waals surface area contributed by atoms with E-state index in [4.69, 9.17) is 5.73 Å². The molecule has 0 radical (unpaired) electrons. The number of aliphatic imine (C=N–C) groups is 1. The zero-order valence-electron chi connectivity index (χ0n) is 6.21. The number of hydrogen-bond donors (Lipinski definition) is 1. The van der Waals surface area contributed by atoms with Crippen LogP contribution in [0.1, 0.15) is 5.56 Å². The maximum Gasteiger partial charge on any atom is 0.0547 e. The van der Waals surface area contributed by atoms with E-state index in [0.717, 1.165) is 15.7 Å². The maximum atomic E-state index is 5.73. The van der Waals surface area contributed by atoms with Gasteiger partial charge in [-0.2, -0.15) is 0 Å². The maximum absolute atomic E-state index is 5.73. The molecule has 1 aromatic carbocycles. The molecule has 2 nitrogen and oxygen atoms in total. The summed E-state index contributed by atoms with van der Waals surface area (Å²) in [5.41, 5.74) is 7.41. The minimum atomic E-state index is 0.734. The lowest BCUT2D eigenvalue weighted by Crippen LogP contribution is -1.93. The van der Waals surface area contributed by atoms with Crippen LogP contribution in [0.25, 0.3) is 0 Å². The molecule has 0 aromatic heterocycles. The highest BCUT2D eigenvalue weighted by Crippen LogP contribution is 2.21. The first kappa shape index (κ1) is 8.27. The van der Waals surface area contributed by atoms with Crippen LogP contribution in [0, 0.1) is 0 Å². The molecule has 1 rings (SSSR count). The van der Waals surface area contributed by atoms with Crippen molar-refractivity contribution in [1.29, 1.82) is 0 Å². The first-order chi connectivity index (χ1) is 5.25. The Morgan fingerprint density at radius 1 is 1.55 bits per heavy atom. The first-order valence-electron chi connectivity index (χ1n) is 3.22. The van der Waals surface area contributed by atoms with Gasteiger partial charge in [0.2, 0.25) is 0 Å². The third-order valence-corrected chi connectivity index (χ3v) is 2.05. The average Bonchev–Trinajstić information content (AvgIpc) is 1.99. The van der Waals surface area contributed by atoms with Crippen LogP contribution in [-0.4, -0.2) is 13.3 Å². The van der Waals surface area contributed by atoms with Crippen LogP contribution < -0.4 is 5.73 Å². The summed E-state index contributed by atoms with van der Waals surface area (Å²) in [4.78, 5) is 3.88. The SMILES string of the molecule is CN=Cc1cccc(Br)c1N. The lowest BCUT2D eigenvalue weighted by Gasteiger charge is -2.00. The fraction of sp³-hybridized carbons (Fsp3) is 0.125. The third-order valence-electron chi connectivity index (χ3n) is 1.35. The summed E-state index contributed by atoms with van der Waals surface area (Å²) in [7, 11) is 1.72. The molecule has 0 heterocycles. The lowest BCUT2D eigenvalue weighted by atomic mass is 10.2. The monoisotopic (exact) mass is 212 g/mol. The zero-order chi connectivity index (χ0) is 8.27. The topological polar surface area (TPSA) is 38.4 Å². The molecule has 0 atom stereocenters. The molecule has 0 unspecified atom stereocenters. The van der Waals surface area contributed by atoms with Gasteiger partial charge in [-0.3, -0.25) is 4.99 Å². The number of hydrogen-bond acceptors (Lipinski definition) is 2. The van der Waals surface area contributed by atoms with Gasteiger partial charge in [0.15, 0.2) is 0 Å². The average molecular weight is 213 g/mol. The van der Waals surface area contributed by atoms with E-state index in [1.807, 2.05) is 18.2 Å². The van der Waals surface area contributed by atoms with E-state index in [2.05, 4.69) is 20.9 Å². The number of benzene rings is 1. The number of nitrogens with zero attached hydrogens (tertiary/aromatic N) is 1. The van der Waals surface area contributed by atoms with Gasteiger partial charge in [0.1, 0.15) is 0 Å². The van der Waals surface area contributed by atoms with Gasteiger partial charge in [0.25, 0.3) is 0 Å². The van der Waals surface area contributed by atoms with E-state index < -0.39 is 0 Å². The Hall–Kier alpha value is -0.830. The van der Waals surface area contributed by atoms with E-state index in [0.29, 0.717) is 0 Å². The Labute approximate surface area is 74.3 Å². The van der Waals surface area contributed by atoms with E-state index in [1.165, 1.54) is 0 Å². The molecule has 0 aliphatic carbocycles. The molecule has 0 amide bonds. The minimum absolute atomic E-state index is 0.734. The normalized spacial score (nSPS) is 10.7. The second-order valence-corrected chi connectivity index (χ2v) is 2.98. The second kappa shape index (κ2) is 3.53. The van der Waals surface area contributed by atoms with Gasteiger partial charge in [-0.05, 0) is 22.0 Å². The van der Waals surface area contributed by atoms with E-state index in [1.54, 1.807) is 13.3 Å². The van der Waals surface area contributed by atoms with Crippen molar-refractivity contribution in [3.05, 3.63) is 28.2 Å². The molecule has 11 heavy (non-hydrogen) atoms. The summed E-state index contributed by atoms with van der Waals surface area (Å²) in [5, 5.41) is 0. The van der Waals surface area contributed by atoms with Gasteiger partial charge >= 0.3 is 0 Å². The molecule has 0 spiro atoms. The molecule has 0 aliphatic rings. The molecule has 0 saturated carbocycles. The predicted molar refractivity (Wildman–Crippen MR) is 52.1 cm³/mol. The van der Waals surface area contributed by atoms with Crippen molar-refractivity contribution in [3.63, 3.8) is 0 Å². The van der Waals surface area contributed by atoms with Crippen molar-refractivity contribution in [2.45, 2.75) is 0 Å². The Morgan fingerprint density at radius 2 is 2.27 bits per heavy atom. The van der Waals surface area contributed by atoms with E-state index >= 15 is 0 Å². The molecule has 0 aliphatic heterocycles. The smallest absolute Gasteiger partial charge is 0.0547 e. The number of rotatable bonds is 1. The van der Waals surface area contributed by atoms with Crippen LogP contribution in [-0.2, 0) is 0 Å². The lowest BCUT2D eigenvalue weighted by molar-refractivity contribution is 1.46. The predicted octanol–water partition coefficient (Wildman–Crippen LogP) is 2.08. The summed E-state index contributed by atoms with van der Waals surface area (Å²) in [6.07, 6.45) is 1.74. The second-order valence-electron chi connectivity index (χ2n) is 2.13. The van der Waals surface area contributed by atoms with Crippen molar-refractivity contribution in [2.24, 2.45) is 4.99 Å². The van der Waals surface area contributed by atoms with Crippen molar-refractivity contribution in [1.82, 2.24) is 0 Å². The van der Waals surface area contributed by atoms with Crippen molar-refractivity contribution in [2.75, 3.05) is 12.8 Å². The molecular formula is C8H9BrN2. The highest BCUT2D eigenvalue weighted by molar-refractivity contribution is 9.10. The number of anilines is 1. The molecule has 0 fully saturated rings. The van der Waals surface area contributed by atoms with Crippen molar-refractivity contribution >= 4 is 27.8 Å². The number of para-hydroxylation sites is 1. The van der Waals surface area contributed by atoms with Gasteiger partial charge < -0.3 is 5.73 Å². The molecule has 0 bridgehead atoms. The van der Waals surface area contributed by atoms with Gasteiger partial charge in [-0.25, -0.2) is 0 Å².